The summed E-state index contributed by atoms with van der Waals surface area (Å²) in [5.74, 6) is 0.149. The van der Waals surface area contributed by atoms with E-state index in [0.717, 1.165) is 11.8 Å². The zero-order valence-electron chi connectivity index (χ0n) is 15.4. The van der Waals surface area contributed by atoms with Crippen molar-refractivity contribution in [2.75, 3.05) is 6.61 Å². The van der Waals surface area contributed by atoms with Gasteiger partial charge >= 0.3 is 0 Å². The number of aliphatic hydroxyl groups excluding tert-OH is 3. The first-order valence-electron chi connectivity index (χ1n) is 8.76. The van der Waals surface area contributed by atoms with Gasteiger partial charge in [-0.05, 0) is 22.0 Å². The zero-order chi connectivity index (χ0) is 22.1. The first-order chi connectivity index (χ1) is 14.9. The molecule has 4 heterocycles. The summed E-state index contributed by atoms with van der Waals surface area (Å²) in [5, 5.41) is 42.1. The van der Waals surface area contributed by atoms with Crippen molar-refractivity contribution in [1.29, 1.82) is 0 Å². The van der Waals surface area contributed by atoms with Crippen molar-refractivity contribution in [2.45, 2.75) is 34.7 Å². The van der Waals surface area contributed by atoms with Gasteiger partial charge in [0.2, 0.25) is 0 Å². The van der Waals surface area contributed by atoms with Crippen molar-refractivity contribution in [3.63, 3.8) is 0 Å². The van der Waals surface area contributed by atoms with Crippen LogP contribution in [0.25, 0.3) is 15.5 Å². The molecule has 0 saturated carbocycles. The average molecular weight is 546 g/mol. The number of rotatable bonds is 5. The standard InChI is InChI=1S/C17H14BrClN6O4S2/c1-20-15-10(2-7(18)3-21-15)31-17-14(28)12(13(27)9(5-26)29-17)25-4-8(23-24-25)16-22-11(19)6-30-16/h2-4,6,9,12-14,17,26-28H,5H2/t9?,12?,13-,14-,17+/m0/s1. The molecule has 0 radical (unpaired) electrons. The number of ether oxygens (including phenoxy) is 1. The van der Waals surface area contributed by atoms with Gasteiger partial charge in [-0.3, -0.25) is 0 Å². The van der Waals surface area contributed by atoms with Crippen LogP contribution in [0.2, 0.25) is 5.15 Å². The van der Waals surface area contributed by atoms with E-state index >= 15 is 0 Å². The molecule has 31 heavy (non-hydrogen) atoms. The van der Waals surface area contributed by atoms with Crippen LogP contribution in [0.4, 0.5) is 5.82 Å². The van der Waals surface area contributed by atoms with Gasteiger partial charge in [0.1, 0.15) is 51.8 Å². The zero-order valence-corrected chi connectivity index (χ0v) is 19.4. The molecule has 5 atom stereocenters. The Morgan fingerprint density at radius 1 is 1.39 bits per heavy atom. The number of halogens is 2. The minimum absolute atomic E-state index is 0.149. The fraction of sp³-hybridized carbons (Fsp3) is 0.353. The highest BCUT2D eigenvalue weighted by atomic mass is 79.9. The number of hydrogen-bond donors (Lipinski definition) is 3. The Hall–Kier alpha value is -1.63. The van der Waals surface area contributed by atoms with E-state index in [1.54, 1.807) is 17.6 Å². The van der Waals surface area contributed by atoms with Gasteiger partial charge in [0.15, 0.2) is 0 Å². The monoisotopic (exact) mass is 544 g/mol. The third kappa shape index (κ3) is 4.62. The highest BCUT2D eigenvalue weighted by Gasteiger charge is 2.46. The van der Waals surface area contributed by atoms with Crippen molar-refractivity contribution in [3.05, 3.63) is 44.9 Å². The lowest BCUT2D eigenvalue weighted by atomic mass is 9.97. The first-order valence-corrected chi connectivity index (χ1v) is 11.7. The molecular formula is C17H14BrClN6O4S2. The van der Waals surface area contributed by atoms with Crippen molar-refractivity contribution < 1.29 is 20.1 Å². The normalized spacial score (nSPS) is 26.0. The van der Waals surface area contributed by atoms with Gasteiger partial charge in [0.05, 0.1) is 17.3 Å². The molecule has 2 unspecified atom stereocenters. The molecule has 162 valence electrons. The molecule has 3 N–H and O–H groups in total. The third-order valence-electron chi connectivity index (χ3n) is 4.51. The van der Waals surface area contributed by atoms with E-state index in [0.29, 0.717) is 25.2 Å². The number of thioether (sulfide) groups is 1. The van der Waals surface area contributed by atoms with Gasteiger partial charge in [0.25, 0.3) is 5.82 Å². The maximum absolute atomic E-state index is 11.0. The SMILES string of the molecule is [C-]#[N+]c1ncc(Br)cc1S[C@H]1OC(CO)[C@H](O)C(n2cc(-c3nc(Cl)cs3)nn2)[C@@H]1O. The highest BCUT2D eigenvalue weighted by molar-refractivity contribution is 9.10. The summed E-state index contributed by atoms with van der Waals surface area (Å²) in [5.41, 5.74) is -0.483. The number of thiazole rings is 1. The summed E-state index contributed by atoms with van der Waals surface area (Å²) in [4.78, 5) is 12.1. The van der Waals surface area contributed by atoms with E-state index in [9.17, 15) is 15.3 Å². The second-order valence-electron chi connectivity index (χ2n) is 6.46. The van der Waals surface area contributed by atoms with Gasteiger partial charge in [-0.1, -0.05) is 23.4 Å². The van der Waals surface area contributed by atoms with E-state index in [1.165, 1.54) is 22.2 Å². The minimum Gasteiger partial charge on any atom is -0.394 e. The predicted molar refractivity (Wildman–Crippen MR) is 117 cm³/mol. The van der Waals surface area contributed by atoms with Crippen LogP contribution in [0.3, 0.4) is 0 Å². The third-order valence-corrected chi connectivity index (χ3v) is 7.31. The summed E-state index contributed by atoms with van der Waals surface area (Å²) >= 11 is 11.5. The van der Waals surface area contributed by atoms with Crippen LogP contribution < -0.4 is 0 Å². The van der Waals surface area contributed by atoms with Crippen molar-refractivity contribution >= 4 is 56.4 Å². The van der Waals surface area contributed by atoms with E-state index in [2.05, 4.69) is 41.1 Å². The molecule has 1 aliphatic rings. The molecule has 4 rings (SSSR count). The molecule has 1 aliphatic heterocycles. The van der Waals surface area contributed by atoms with Gasteiger partial charge in [-0.15, -0.1) is 33.2 Å². The Morgan fingerprint density at radius 3 is 2.87 bits per heavy atom. The van der Waals surface area contributed by atoms with Crippen molar-refractivity contribution in [1.82, 2.24) is 25.0 Å². The number of hydrogen-bond acceptors (Lipinski definition) is 10. The van der Waals surface area contributed by atoms with E-state index in [1.807, 2.05) is 0 Å². The maximum Gasteiger partial charge on any atom is 0.283 e. The predicted octanol–water partition coefficient (Wildman–Crippen LogP) is 2.54. The van der Waals surface area contributed by atoms with E-state index in [-0.39, 0.29) is 5.82 Å². The molecule has 0 aromatic carbocycles. The number of aromatic nitrogens is 5. The van der Waals surface area contributed by atoms with Gasteiger partial charge in [0, 0.05) is 10.3 Å². The lowest BCUT2D eigenvalue weighted by molar-refractivity contribution is -0.178. The maximum atomic E-state index is 11.0. The Labute approximate surface area is 197 Å². The Kier molecular flexibility index (Phi) is 6.89. The lowest BCUT2D eigenvalue weighted by Gasteiger charge is -2.41. The van der Waals surface area contributed by atoms with Crippen LogP contribution in [0.1, 0.15) is 6.04 Å². The fourth-order valence-electron chi connectivity index (χ4n) is 3.08. The van der Waals surface area contributed by atoms with Crippen LogP contribution >= 0.6 is 50.6 Å². The van der Waals surface area contributed by atoms with Crippen molar-refractivity contribution in [2.24, 2.45) is 0 Å². The second kappa shape index (κ2) is 9.47. The Balaban J connectivity index is 1.64. The Morgan fingerprint density at radius 2 is 2.19 bits per heavy atom. The summed E-state index contributed by atoms with van der Waals surface area (Å²) in [6.45, 7) is 6.83. The van der Waals surface area contributed by atoms with Crippen molar-refractivity contribution in [3.8, 4) is 10.7 Å². The molecule has 3 aromatic heterocycles. The summed E-state index contributed by atoms with van der Waals surface area (Å²) in [6.07, 6.45) is -0.439. The molecule has 0 amide bonds. The van der Waals surface area contributed by atoms with Gasteiger partial charge < -0.3 is 24.9 Å². The molecule has 1 saturated heterocycles. The van der Waals surface area contributed by atoms with Crippen LogP contribution in [-0.2, 0) is 4.74 Å². The smallest absolute Gasteiger partial charge is 0.283 e. The Bertz CT molecular complexity index is 1120. The molecule has 14 heteroatoms. The van der Waals surface area contributed by atoms with E-state index in [4.69, 9.17) is 22.9 Å². The topological polar surface area (TPSA) is 131 Å². The summed E-state index contributed by atoms with van der Waals surface area (Å²) in [6, 6.07) is 0.728. The fourth-order valence-corrected chi connectivity index (χ4v) is 5.60. The van der Waals surface area contributed by atoms with Crippen LogP contribution in [0, 0.1) is 6.57 Å². The highest BCUT2D eigenvalue weighted by Crippen LogP contribution is 2.41. The molecule has 3 aromatic rings. The molecule has 0 bridgehead atoms. The molecule has 10 nitrogen and oxygen atoms in total. The molecule has 0 aliphatic carbocycles. The second-order valence-corrected chi connectivity index (χ2v) is 9.76. The van der Waals surface area contributed by atoms with E-state index < -0.39 is 36.4 Å². The summed E-state index contributed by atoms with van der Waals surface area (Å²) < 4.78 is 7.71. The first kappa shape index (κ1) is 22.6. The largest absolute Gasteiger partial charge is 0.394 e. The average Bonchev–Trinajstić information content (AvgIpc) is 3.39. The molecule has 1 fully saturated rings. The quantitative estimate of drug-likeness (QED) is 0.414. The van der Waals surface area contributed by atoms with Crippen LogP contribution in [0.15, 0.2) is 33.2 Å². The molecule has 0 spiro atoms. The summed E-state index contributed by atoms with van der Waals surface area (Å²) in [7, 11) is 0. The number of pyridine rings is 1. The molecular weight excluding hydrogens is 532 g/mol. The van der Waals surface area contributed by atoms with Gasteiger partial charge in [-0.2, -0.15) is 0 Å². The number of nitrogens with zero attached hydrogens (tertiary/aromatic N) is 6. The lowest BCUT2D eigenvalue weighted by Crippen LogP contribution is -2.55. The van der Waals surface area contributed by atoms with Crippen LogP contribution in [0.5, 0.6) is 0 Å². The van der Waals surface area contributed by atoms with Crippen LogP contribution in [-0.4, -0.2) is 70.6 Å². The number of aliphatic hydroxyl groups is 3. The minimum atomic E-state index is -1.26. The van der Waals surface area contributed by atoms with Gasteiger partial charge in [-0.25, -0.2) is 9.67 Å².